The summed E-state index contributed by atoms with van der Waals surface area (Å²) in [4.78, 5) is 4.10. The van der Waals surface area contributed by atoms with E-state index in [1.807, 2.05) is 12.5 Å². The summed E-state index contributed by atoms with van der Waals surface area (Å²) in [6.45, 7) is 6.32. The molecule has 1 aromatic rings. The van der Waals surface area contributed by atoms with Gasteiger partial charge in [-0.2, -0.15) is 0 Å². The minimum Gasteiger partial charge on any atom is -0.392 e. The van der Waals surface area contributed by atoms with E-state index in [2.05, 4.69) is 21.8 Å². The van der Waals surface area contributed by atoms with Crippen LogP contribution in [0.15, 0.2) is 12.5 Å². The van der Waals surface area contributed by atoms with Crippen LogP contribution in [-0.4, -0.2) is 27.3 Å². The number of nitrogens with zero attached hydrogens (tertiary/aromatic N) is 2. The molecule has 0 saturated carbocycles. The van der Waals surface area contributed by atoms with Crippen LogP contribution in [-0.2, 0) is 13.1 Å². The molecule has 0 aromatic carbocycles. The second-order valence-corrected chi connectivity index (χ2v) is 3.56. The molecule has 1 atom stereocenters. The lowest BCUT2D eigenvalue weighted by atomic mass is 10.3. The van der Waals surface area contributed by atoms with Crippen LogP contribution in [0.1, 0.15) is 26.0 Å². The van der Waals surface area contributed by atoms with Gasteiger partial charge in [0.05, 0.1) is 18.1 Å². The molecule has 1 unspecified atom stereocenters. The molecule has 0 bridgehead atoms. The predicted octanol–water partition coefficient (Wildman–Crippen LogP) is 0.763. The number of aliphatic hydroxyl groups excluding tert-OH is 1. The lowest BCUT2D eigenvalue weighted by molar-refractivity contribution is 0.190. The van der Waals surface area contributed by atoms with Crippen LogP contribution in [0.5, 0.6) is 0 Å². The third kappa shape index (κ3) is 3.47. The Morgan fingerprint density at radius 2 is 2.43 bits per heavy atom. The van der Waals surface area contributed by atoms with Gasteiger partial charge < -0.3 is 15.0 Å². The molecule has 4 heteroatoms. The second-order valence-electron chi connectivity index (χ2n) is 3.56. The Labute approximate surface area is 85.0 Å². The molecule has 0 aliphatic rings. The fourth-order valence-corrected chi connectivity index (χ4v) is 1.35. The van der Waals surface area contributed by atoms with Crippen molar-refractivity contribution in [1.82, 2.24) is 14.9 Å². The van der Waals surface area contributed by atoms with Crippen LogP contribution in [0, 0.1) is 0 Å². The highest BCUT2D eigenvalue weighted by Gasteiger charge is 2.01. The van der Waals surface area contributed by atoms with E-state index in [1.54, 1.807) is 6.92 Å². The van der Waals surface area contributed by atoms with Crippen LogP contribution in [0.3, 0.4) is 0 Å². The van der Waals surface area contributed by atoms with E-state index in [0.717, 1.165) is 19.5 Å². The molecule has 0 spiro atoms. The topological polar surface area (TPSA) is 50.1 Å². The summed E-state index contributed by atoms with van der Waals surface area (Å²) in [5.41, 5.74) is 1.17. The van der Waals surface area contributed by atoms with Crippen molar-refractivity contribution >= 4 is 0 Å². The Morgan fingerprint density at radius 3 is 3.07 bits per heavy atom. The molecule has 0 aliphatic carbocycles. The van der Waals surface area contributed by atoms with Gasteiger partial charge >= 0.3 is 0 Å². The first-order chi connectivity index (χ1) is 6.74. The maximum Gasteiger partial charge on any atom is 0.0948 e. The number of hydrogen-bond donors (Lipinski definition) is 2. The molecule has 4 nitrogen and oxygen atoms in total. The largest absolute Gasteiger partial charge is 0.392 e. The van der Waals surface area contributed by atoms with Crippen LogP contribution in [0.2, 0.25) is 0 Å². The molecular weight excluding hydrogens is 178 g/mol. The van der Waals surface area contributed by atoms with Gasteiger partial charge in [-0.25, -0.2) is 4.98 Å². The summed E-state index contributed by atoms with van der Waals surface area (Å²) < 4.78 is 2.13. The molecule has 80 valence electrons. The van der Waals surface area contributed by atoms with E-state index in [-0.39, 0.29) is 6.10 Å². The van der Waals surface area contributed by atoms with Crippen molar-refractivity contribution in [2.75, 3.05) is 6.54 Å². The van der Waals surface area contributed by atoms with Crippen molar-refractivity contribution in [1.29, 1.82) is 0 Å². The summed E-state index contributed by atoms with van der Waals surface area (Å²) in [5.74, 6) is 0. The van der Waals surface area contributed by atoms with Gasteiger partial charge in [-0.05, 0) is 13.3 Å². The lowest BCUT2D eigenvalue weighted by Crippen LogP contribution is -2.24. The highest BCUT2D eigenvalue weighted by Crippen LogP contribution is 2.00. The molecule has 1 aromatic heterocycles. The van der Waals surface area contributed by atoms with E-state index in [0.29, 0.717) is 6.54 Å². The highest BCUT2D eigenvalue weighted by molar-refractivity contribution is 4.97. The third-order valence-electron chi connectivity index (χ3n) is 2.01. The number of nitrogens with one attached hydrogen (secondary N) is 1. The predicted molar refractivity (Wildman–Crippen MR) is 55.9 cm³/mol. The van der Waals surface area contributed by atoms with E-state index >= 15 is 0 Å². The molecule has 0 radical (unpaired) electrons. The number of hydrogen-bond acceptors (Lipinski definition) is 3. The normalized spacial score (nSPS) is 13.1. The minimum absolute atomic E-state index is 0.294. The summed E-state index contributed by atoms with van der Waals surface area (Å²) >= 11 is 0. The molecule has 14 heavy (non-hydrogen) atoms. The van der Waals surface area contributed by atoms with Gasteiger partial charge in [0.2, 0.25) is 0 Å². The Balaban J connectivity index is 2.37. The standard InChI is InChI=1S/C10H19N3O/c1-3-4-13-8-12-7-10(13)6-11-5-9(2)14/h7-9,11,14H,3-6H2,1-2H3. The van der Waals surface area contributed by atoms with E-state index in [9.17, 15) is 0 Å². The van der Waals surface area contributed by atoms with Gasteiger partial charge in [0.25, 0.3) is 0 Å². The van der Waals surface area contributed by atoms with Gasteiger partial charge in [-0.1, -0.05) is 6.92 Å². The zero-order chi connectivity index (χ0) is 10.4. The fourth-order valence-electron chi connectivity index (χ4n) is 1.35. The first-order valence-electron chi connectivity index (χ1n) is 5.11. The van der Waals surface area contributed by atoms with Crippen LogP contribution in [0.25, 0.3) is 0 Å². The summed E-state index contributed by atoms with van der Waals surface area (Å²) in [6.07, 6.45) is 4.53. The van der Waals surface area contributed by atoms with Gasteiger partial charge in [-0.3, -0.25) is 0 Å². The second kappa shape index (κ2) is 5.78. The van der Waals surface area contributed by atoms with E-state index < -0.39 is 0 Å². The number of aromatic nitrogens is 2. The zero-order valence-corrected chi connectivity index (χ0v) is 8.90. The Kier molecular flexibility index (Phi) is 4.62. The summed E-state index contributed by atoms with van der Waals surface area (Å²) in [5, 5.41) is 12.2. The molecule has 1 rings (SSSR count). The van der Waals surface area contributed by atoms with Crippen molar-refractivity contribution in [3.63, 3.8) is 0 Å². The molecule has 0 amide bonds. The van der Waals surface area contributed by atoms with Crippen molar-refractivity contribution in [2.24, 2.45) is 0 Å². The first kappa shape index (κ1) is 11.2. The number of imidazole rings is 1. The quantitative estimate of drug-likeness (QED) is 0.708. The van der Waals surface area contributed by atoms with E-state index in [1.165, 1.54) is 5.69 Å². The van der Waals surface area contributed by atoms with Gasteiger partial charge in [0, 0.05) is 25.8 Å². The van der Waals surface area contributed by atoms with Gasteiger partial charge in [-0.15, -0.1) is 0 Å². The molecule has 0 aliphatic heterocycles. The minimum atomic E-state index is -0.294. The Hall–Kier alpha value is -0.870. The highest BCUT2D eigenvalue weighted by atomic mass is 16.3. The van der Waals surface area contributed by atoms with Gasteiger partial charge in [0.15, 0.2) is 0 Å². The monoisotopic (exact) mass is 197 g/mol. The fraction of sp³-hybridized carbons (Fsp3) is 0.700. The van der Waals surface area contributed by atoms with Crippen LogP contribution >= 0.6 is 0 Å². The average molecular weight is 197 g/mol. The number of aliphatic hydroxyl groups is 1. The molecule has 2 N–H and O–H groups in total. The summed E-state index contributed by atoms with van der Waals surface area (Å²) in [7, 11) is 0. The Morgan fingerprint density at radius 1 is 1.64 bits per heavy atom. The number of rotatable bonds is 6. The Bertz CT molecular complexity index is 258. The molecular formula is C10H19N3O. The third-order valence-corrected chi connectivity index (χ3v) is 2.01. The van der Waals surface area contributed by atoms with E-state index in [4.69, 9.17) is 5.11 Å². The maximum atomic E-state index is 9.07. The van der Waals surface area contributed by atoms with Gasteiger partial charge in [0.1, 0.15) is 0 Å². The van der Waals surface area contributed by atoms with Crippen molar-refractivity contribution in [2.45, 2.75) is 39.5 Å². The summed E-state index contributed by atoms with van der Waals surface area (Å²) in [6, 6.07) is 0. The number of aryl methyl sites for hydroxylation is 1. The molecule has 0 fully saturated rings. The average Bonchev–Trinajstić information content (AvgIpc) is 2.53. The first-order valence-corrected chi connectivity index (χ1v) is 5.11. The van der Waals surface area contributed by atoms with Crippen LogP contribution in [0.4, 0.5) is 0 Å². The van der Waals surface area contributed by atoms with Crippen molar-refractivity contribution in [3.8, 4) is 0 Å². The van der Waals surface area contributed by atoms with Crippen LogP contribution < -0.4 is 5.32 Å². The SMILES string of the molecule is CCCn1cncc1CNCC(C)O. The van der Waals surface area contributed by atoms with Crippen molar-refractivity contribution in [3.05, 3.63) is 18.2 Å². The molecule has 1 heterocycles. The zero-order valence-electron chi connectivity index (χ0n) is 8.90. The van der Waals surface area contributed by atoms with Crippen molar-refractivity contribution < 1.29 is 5.11 Å². The lowest BCUT2D eigenvalue weighted by Gasteiger charge is -2.09. The smallest absolute Gasteiger partial charge is 0.0948 e. The molecule has 0 saturated heterocycles. The maximum absolute atomic E-state index is 9.07.